The molecule has 0 bridgehead atoms. The minimum absolute atomic E-state index is 0.0433. The predicted molar refractivity (Wildman–Crippen MR) is 91.2 cm³/mol. The first-order valence-electron chi connectivity index (χ1n) is 7.50. The molecule has 0 saturated heterocycles. The molecule has 0 saturated carbocycles. The quantitative estimate of drug-likeness (QED) is 0.705. The number of nitrogens with two attached hydrogens (primary N) is 1. The summed E-state index contributed by atoms with van der Waals surface area (Å²) in [5.74, 6) is 4.92. The lowest BCUT2D eigenvalue weighted by atomic mass is 10.2. The Kier molecular flexibility index (Phi) is 5.96. The summed E-state index contributed by atoms with van der Waals surface area (Å²) in [7, 11) is 0. The monoisotopic (exact) mass is 339 g/mol. The first-order valence-corrected chi connectivity index (χ1v) is 7.50. The van der Waals surface area contributed by atoms with Gasteiger partial charge in [0.25, 0.3) is 5.91 Å². The Labute approximate surface area is 144 Å². The summed E-state index contributed by atoms with van der Waals surface area (Å²) in [6, 6.07) is 7.74. The molecule has 1 aromatic carbocycles. The van der Waals surface area contributed by atoms with E-state index in [1.807, 2.05) is 0 Å². The zero-order valence-corrected chi connectivity index (χ0v) is 13.6. The van der Waals surface area contributed by atoms with Crippen molar-refractivity contribution in [1.82, 2.24) is 10.3 Å². The number of hydrogen-bond acceptors (Lipinski definition) is 5. The van der Waals surface area contributed by atoms with Crippen molar-refractivity contribution < 1.29 is 19.4 Å². The van der Waals surface area contributed by atoms with Crippen molar-refractivity contribution in [2.45, 2.75) is 6.92 Å². The third-order valence-electron chi connectivity index (χ3n) is 3.10. The molecule has 7 nitrogen and oxygen atoms in total. The molecular formula is C18H17N3O4. The summed E-state index contributed by atoms with van der Waals surface area (Å²) >= 11 is 0. The maximum absolute atomic E-state index is 11.6. The number of nitrogens with zero attached hydrogens (tertiary/aromatic N) is 1. The molecule has 7 heteroatoms. The summed E-state index contributed by atoms with van der Waals surface area (Å²) in [5.41, 5.74) is 5.96. The van der Waals surface area contributed by atoms with E-state index in [1.165, 1.54) is 12.3 Å². The lowest BCUT2D eigenvalue weighted by Gasteiger charge is -2.04. The molecule has 1 heterocycles. The van der Waals surface area contributed by atoms with Crippen LogP contribution < -0.4 is 15.8 Å². The number of aromatic nitrogens is 1. The van der Waals surface area contributed by atoms with Crippen molar-refractivity contribution in [3.8, 4) is 23.3 Å². The van der Waals surface area contributed by atoms with Crippen molar-refractivity contribution >= 4 is 11.8 Å². The van der Waals surface area contributed by atoms with Crippen LogP contribution in [0.5, 0.6) is 11.5 Å². The second kappa shape index (κ2) is 8.36. The Morgan fingerprint density at radius 3 is 2.64 bits per heavy atom. The molecule has 25 heavy (non-hydrogen) atoms. The van der Waals surface area contributed by atoms with E-state index in [-0.39, 0.29) is 18.1 Å². The number of primary amides is 1. The fourth-order valence-corrected chi connectivity index (χ4v) is 1.91. The maximum atomic E-state index is 11.6. The van der Waals surface area contributed by atoms with E-state index in [9.17, 15) is 14.7 Å². The normalized spacial score (nSPS) is 9.64. The number of rotatable bonds is 5. The van der Waals surface area contributed by atoms with Crippen LogP contribution in [0.4, 0.5) is 0 Å². The molecular weight excluding hydrogens is 322 g/mol. The van der Waals surface area contributed by atoms with E-state index in [4.69, 9.17) is 10.5 Å². The van der Waals surface area contributed by atoms with E-state index in [0.717, 1.165) is 0 Å². The van der Waals surface area contributed by atoms with Gasteiger partial charge in [0.15, 0.2) is 5.69 Å². The van der Waals surface area contributed by atoms with Crippen LogP contribution >= 0.6 is 0 Å². The first-order chi connectivity index (χ1) is 12.0. The third kappa shape index (κ3) is 4.97. The maximum Gasteiger partial charge on any atom is 0.273 e. The van der Waals surface area contributed by atoms with E-state index < -0.39 is 11.8 Å². The van der Waals surface area contributed by atoms with Gasteiger partial charge in [-0.3, -0.25) is 9.59 Å². The Bertz CT molecular complexity index is 836. The van der Waals surface area contributed by atoms with Gasteiger partial charge in [0.1, 0.15) is 18.1 Å². The van der Waals surface area contributed by atoms with Gasteiger partial charge in [-0.1, -0.05) is 11.8 Å². The highest BCUT2D eigenvalue weighted by atomic mass is 16.5. The SMILES string of the molecule is CCNC(=O)c1ncc(C#CCOc2ccc(C(N)=O)cc2)cc1O. The molecule has 1 aromatic heterocycles. The molecule has 2 aromatic rings. The Hall–Kier alpha value is -3.53. The lowest BCUT2D eigenvalue weighted by Crippen LogP contribution is -2.23. The second-order valence-electron chi connectivity index (χ2n) is 4.93. The number of benzene rings is 1. The standard InChI is InChI=1S/C18H17N3O4/c1-2-20-18(24)16-15(22)10-12(11-21-16)4-3-9-25-14-7-5-13(6-8-14)17(19)23/h5-8,10-11,22H,2,9H2,1H3,(H2,19,23)(H,20,24). The van der Waals surface area contributed by atoms with E-state index >= 15 is 0 Å². The molecule has 0 aliphatic heterocycles. The highest BCUT2D eigenvalue weighted by Gasteiger charge is 2.11. The average Bonchev–Trinajstić information content (AvgIpc) is 2.59. The number of pyridine rings is 1. The fourth-order valence-electron chi connectivity index (χ4n) is 1.91. The third-order valence-corrected chi connectivity index (χ3v) is 3.10. The zero-order valence-electron chi connectivity index (χ0n) is 13.6. The number of hydrogen-bond donors (Lipinski definition) is 3. The van der Waals surface area contributed by atoms with Crippen LogP contribution in [0.25, 0.3) is 0 Å². The zero-order chi connectivity index (χ0) is 18.2. The molecule has 4 N–H and O–H groups in total. The van der Waals surface area contributed by atoms with Crippen molar-refractivity contribution in [3.63, 3.8) is 0 Å². The number of aromatic hydroxyl groups is 1. The predicted octanol–water partition coefficient (Wildman–Crippen LogP) is 1.07. The van der Waals surface area contributed by atoms with Crippen molar-refractivity contribution in [2.24, 2.45) is 5.73 Å². The van der Waals surface area contributed by atoms with E-state index in [1.54, 1.807) is 31.2 Å². The second-order valence-corrected chi connectivity index (χ2v) is 4.93. The Morgan fingerprint density at radius 1 is 1.32 bits per heavy atom. The summed E-state index contributed by atoms with van der Waals surface area (Å²) in [4.78, 5) is 26.5. The Morgan fingerprint density at radius 2 is 2.04 bits per heavy atom. The molecule has 128 valence electrons. The van der Waals surface area contributed by atoms with Gasteiger partial charge in [0.05, 0.1) is 0 Å². The number of ether oxygens (including phenoxy) is 1. The first kappa shape index (κ1) is 17.8. The average molecular weight is 339 g/mol. The highest BCUT2D eigenvalue weighted by molar-refractivity contribution is 5.94. The van der Waals surface area contributed by atoms with Crippen LogP contribution in [0.15, 0.2) is 36.5 Å². The van der Waals surface area contributed by atoms with Gasteiger partial charge in [-0.2, -0.15) is 0 Å². The summed E-state index contributed by atoms with van der Waals surface area (Å²) in [6.07, 6.45) is 1.40. The van der Waals surface area contributed by atoms with E-state index in [0.29, 0.717) is 23.4 Å². The van der Waals surface area contributed by atoms with Crippen molar-refractivity contribution in [1.29, 1.82) is 0 Å². The summed E-state index contributed by atoms with van der Waals surface area (Å²) in [6.45, 7) is 2.32. The minimum Gasteiger partial charge on any atom is -0.505 e. The summed E-state index contributed by atoms with van der Waals surface area (Å²) in [5, 5.41) is 12.4. The topological polar surface area (TPSA) is 115 Å². The van der Waals surface area contributed by atoms with Crippen LogP contribution in [-0.2, 0) is 0 Å². The summed E-state index contributed by atoms with van der Waals surface area (Å²) < 4.78 is 5.41. The molecule has 0 aliphatic rings. The van der Waals surface area contributed by atoms with Crippen LogP contribution in [0, 0.1) is 11.8 Å². The van der Waals surface area contributed by atoms with Gasteiger partial charge in [0.2, 0.25) is 5.91 Å². The van der Waals surface area contributed by atoms with Gasteiger partial charge >= 0.3 is 0 Å². The number of amides is 2. The van der Waals surface area contributed by atoms with Gasteiger partial charge < -0.3 is 20.9 Å². The van der Waals surface area contributed by atoms with E-state index in [2.05, 4.69) is 22.1 Å². The molecule has 0 atom stereocenters. The number of carbonyl (C=O) groups excluding carboxylic acids is 2. The lowest BCUT2D eigenvalue weighted by molar-refractivity contribution is 0.0946. The van der Waals surface area contributed by atoms with Crippen LogP contribution in [0.3, 0.4) is 0 Å². The molecule has 0 fully saturated rings. The van der Waals surface area contributed by atoms with Gasteiger partial charge in [-0.25, -0.2) is 4.98 Å². The number of carbonyl (C=O) groups is 2. The van der Waals surface area contributed by atoms with Crippen molar-refractivity contribution in [3.05, 3.63) is 53.3 Å². The van der Waals surface area contributed by atoms with Crippen LogP contribution in [0.1, 0.15) is 33.3 Å². The molecule has 0 unspecified atom stereocenters. The molecule has 0 radical (unpaired) electrons. The minimum atomic E-state index is -0.505. The number of nitrogens with one attached hydrogen (secondary N) is 1. The Balaban J connectivity index is 1.96. The van der Waals surface area contributed by atoms with Crippen LogP contribution in [0.2, 0.25) is 0 Å². The molecule has 2 rings (SSSR count). The van der Waals surface area contributed by atoms with Crippen LogP contribution in [-0.4, -0.2) is 35.1 Å². The molecule has 0 spiro atoms. The van der Waals surface area contributed by atoms with Gasteiger partial charge in [0, 0.05) is 23.9 Å². The molecule has 0 aliphatic carbocycles. The van der Waals surface area contributed by atoms with Crippen molar-refractivity contribution in [2.75, 3.05) is 13.2 Å². The molecule has 2 amide bonds. The smallest absolute Gasteiger partial charge is 0.273 e. The largest absolute Gasteiger partial charge is 0.505 e. The van der Waals surface area contributed by atoms with Gasteiger partial charge in [-0.05, 0) is 37.3 Å². The van der Waals surface area contributed by atoms with Gasteiger partial charge in [-0.15, -0.1) is 0 Å². The highest BCUT2D eigenvalue weighted by Crippen LogP contribution is 2.15. The fraction of sp³-hybridized carbons (Fsp3) is 0.167.